The van der Waals surface area contributed by atoms with Gasteiger partial charge in [-0.2, -0.15) is 0 Å². The van der Waals surface area contributed by atoms with Crippen molar-refractivity contribution in [3.05, 3.63) is 23.9 Å². The number of carbonyl (C=O) groups is 1. The number of carboxylic acid groups (broad SMARTS) is 1. The van der Waals surface area contributed by atoms with Crippen molar-refractivity contribution in [1.82, 2.24) is 4.98 Å². The van der Waals surface area contributed by atoms with Crippen molar-refractivity contribution < 1.29 is 14.6 Å². The molecule has 2 rings (SSSR count). The zero-order valence-corrected chi connectivity index (χ0v) is 7.43. The van der Waals surface area contributed by atoms with Crippen LogP contribution in [0.1, 0.15) is 12.0 Å². The van der Waals surface area contributed by atoms with Gasteiger partial charge in [-0.25, -0.2) is 9.78 Å². The first-order chi connectivity index (χ1) is 6.64. The van der Waals surface area contributed by atoms with E-state index >= 15 is 0 Å². The second-order valence-corrected chi connectivity index (χ2v) is 3.23. The molecule has 1 unspecified atom stereocenters. The van der Waals surface area contributed by atoms with E-state index in [0.29, 0.717) is 11.4 Å². The summed E-state index contributed by atoms with van der Waals surface area (Å²) in [6.45, 7) is 0.285. The van der Waals surface area contributed by atoms with E-state index in [1.165, 1.54) is 0 Å². The first-order valence-corrected chi connectivity index (χ1v) is 4.25. The number of aliphatic carboxylic acids is 1. The molecule has 0 fully saturated rings. The maximum Gasteiger partial charge on any atom is 0.328 e. The first-order valence-electron chi connectivity index (χ1n) is 4.25. The highest BCUT2D eigenvalue weighted by Crippen LogP contribution is 2.33. The van der Waals surface area contributed by atoms with Gasteiger partial charge in [-0.3, -0.25) is 0 Å². The highest BCUT2D eigenvalue weighted by molar-refractivity contribution is 5.81. The van der Waals surface area contributed by atoms with Gasteiger partial charge in [0.15, 0.2) is 0 Å². The number of hydrogen-bond acceptors (Lipinski definition) is 4. The standard InChI is InChI=1S/C9H10N2O3/c10-9(8(12)13)3-5-14-7-6(9)2-1-4-11-7/h1-2,4H,3,5,10H2,(H,12,13). The highest BCUT2D eigenvalue weighted by Gasteiger charge is 2.41. The number of ether oxygens (including phenoxy) is 1. The third kappa shape index (κ3) is 1.13. The van der Waals surface area contributed by atoms with Gasteiger partial charge in [0.25, 0.3) is 0 Å². The van der Waals surface area contributed by atoms with Gasteiger partial charge in [-0.1, -0.05) is 0 Å². The maximum absolute atomic E-state index is 11.0. The molecule has 3 N–H and O–H groups in total. The minimum atomic E-state index is -1.36. The molecular formula is C9H10N2O3. The zero-order chi connectivity index (χ0) is 10.2. The molecule has 0 amide bonds. The number of rotatable bonds is 1. The molecule has 0 spiro atoms. The van der Waals surface area contributed by atoms with E-state index in [0.717, 1.165) is 0 Å². The number of fused-ring (bicyclic) bond motifs is 1. The van der Waals surface area contributed by atoms with E-state index in [1.54, 1.807) is 18.3 Å². The molecule has 0 aromatic carbocycles. The molecule has 0 bridgehead atoms. The number of nitrogens with two attached hydrogens (primary N) is 1. The summed E-state index contributed by atoms with van der Waals surface area (Å²) in [5.74, 6) is -0.723. The summed E-state index contributed by atoms with van der Waals surface area (Å²) < 4.78 is 5.21. The lowest BCUT2D eigenvalue weighted by Gasteiger charge is -2.30. The molecule has 5 nitrogen and oxygen atoms in total. The molecule has 1 aromatic rings. The summed E-state index contributed by atoms with van der Waals surface area (Å²) in [4.78, 5) is 15.0. The van der Waals surface area contributed by atoms with Gasteiger partial charge in [0.1, 0.15) is 5.54 Å². The monoisotopic (exact) mass is 194 g/mol. The van der Waals surface area contributed by atoms with Crippen LogP contribution >= 0.6 is 0 Å². The molecule has 74 valence electrons. The Hall–Kier alpha value is -1.62. The van der Waals surface area contributed by atoms with Gasteiger partial charge >= 0.3 is 5.97 Å². The van der Waals surface area contributed by atoms with E-state index in [1.807, 2.05) is 0 Å². The van der Waals surface area contributed by atoms with Crippen LogP contribution in [0.3, 0.4) is 0 Å². The first kappa shape index (κ1) is 8.96. The lowest BCUT2D eigenvalue weighted by atomic mass is 9.87. The van der Waals surface area contributed by atoms with Crippen LogP contribution < -0.4 is 10.5 Å². The molecule has 1 aliphatic heterocycles. The van der Waals surface area contributed by atoms with Crippen LogP contribution in [0.5, 0.6) is 5.88 Å². The minimum absolute atomic E-state index is 0.265. The Bertz CT molecular complexity index is 380. The largest absolute Gasteiger partial charge is 0.480 e. The van der Waals surface area contributed by atoms with Crippen LogP contribution in [-0.4, -0.2) is 22.7 Å². The summed E-state index contributed by atoms with van der Waals surface area (Å²) in [6, 6.07) is 3.29. The lowest BCUT2D eigenvalue weighted by Crippen LogP contribution is -2.48. The average molecular weight is 194 g/mol. The maximum atomic E-state index is 11.0. The third-order valence-corrected chi connectivity index (χ3v) is 2.37. The van der Waals surface area contributed by atoms with Gasteiger partial charge in [-0.05, 0) is 12.1 Å². The smallest absolute Gasteiger partial charge is 0.328 e. The normalized spacial score (nSPS) is 24.9. The van der Waals surface area contributed by atoms with Crippen LogP contribution in [0.4, 0.5) is 0 Å². The molecular weight excluding hydrogens is 184 g/mol. The molecule has 1 aliphatic rings. The third-order valence-electron chi connectivity index (χ3n) is 2.37. The molecule has 0 radical (unpaired) electrons. The molecule has 0 saturated heterocycles. The van der Waals surface area contributed by atoms with E-state index in [4.69, 9.17) is 15.6 Å². The quantitative estimate of drug-likeness (QED) is 0.662. The molecule has 0 saturated carbocycles. The Morgan fingerprint density at radius 3 is 3.21 bits per heavy atom. The summed E-state index contributed by atoms with van der Waals surface area (Å²) in [5.41, 5.74) is 4.88. The number of hydrogen-bond donors (Lipinski definition) is 2. The number of aromatic nitrogens is 1. The highest BCUT2D eigenvalue weighted by atomic mass is 16.5. The predicted octanol–water partition coefficient (Wildman–Crippen LogP) is 0.103. The van der Waals surface area contributed by atoms with E-state index in [-0.39, 0.29) is 13.0 Å². The second kappa shape index (κ2) is 2.95. The van der Waals surface area contributed by atoms with Gasteiger partial charge < -0.3 is 15.6 Å². The van der Waals surface area contributed by atoms with Crippen molar-refractivity contribution in [3.63, 3.8) is 0 Å². The van der Waals surface area contributed by atoms with Crippen LogP contribution in [0.25, 0.3) is 0 Å². The average Bonchev–Trinajstić information content (AvgIpc) is 2.18. The Morgan fingerprint density at radius 2 is 2.50 bits per heavy atom. The zero-order valence-electron chi connectivity index (χ0n) is 7.43. The fraction of sp³-hybridized carbons (Fsp3) is 0.333. The number of carboxylic acids is 1. The predicted molar refractivity (Wildman–Crippen MR) is 47.9 cm³/mol. The Labute approximate surface area is 80.5 Å². The van der Waals surface area contributed by atoms with Gasteiger partial charge in [0.05, 0.1) is 6.61 Å². The van der Waals surface area contributed by atoms with Crippen LogP contribution in [0.2, 0.25) is 0 Å². The van der Waals surface area contributed by atoms with Crippen LogP contribution in [-0.2, 0) is 10.3 Å². The summed E-state index contributed by atoms with van der Waals surface area (Å²) >= 11 is 0. The SMILES string of the molecule is NC1(C(=O)O)CCOc2ncccc21. The molecule has 14 heavy (non-hydrogen) atoms. The molecule has 5 heteroatoms. The van der Waals surface area contributed by atoms with E-state index in [2.05, 4.69) is 4.98 Å². The number of pyridine rings is 1. The summed E-state index contributed by atoms with van der Waals surface area (Å²) in [6.07, 6.45) is 1.81. The minimum Gasteiger partial charge on any atom is -0.480 e. The van der Waals surface area contributed by atoms with Gasteiger partial charge in [0, 0.05) is 18.2 Å². The van der Waals surface area contributed by atoms with Gasteiger partial charge in [-0.15, -0.1) is 0 Å². The molecule has 1 aromatic heterocycles. The molecule has 1 atom stereocenters. The van der Waals surface area contributed by atoms with Crippen molar-refractivity contribution in [1.29, 1.82) is 0 Å². The summed E-state index contributed by atoms with van der Waals surface area (Å²) in [7, 11) is 0. The van der Waals surface area contributed by atoms with Crippen molar-refractivity contribution >= 4 is 5.97 Å². The fourth-order valence-electron chi connectivity index (χ4n) is 1.51. The lowest BCUT2D eigenvalue weighted by molar-refractivity contribution is -0.145. The van der Waals surface area contributed by atoms with Crippen LogP contribution in [0, 0.1) is 0 Å². The number of nitrogens with zero attached hydrogens (tertiary/aromatic N) is 1. The topological polar surface area (TPSA) is 85.4 Å². The van der Waals surface area contributed by atoms with Crippen molar-refractivity contribution in [2.75, 3.05) is 6.61 Å². The van der Waals surface area contributed by atoms with Crippen molar-refractivity contribution in [2.24, 2.45) is 5.73 Å². The second-order valence-electron chi connectivity index (χ2n) is 3.23. The van der Waals surface area contributed by atoms with E-state index < -0.39 is 11.5 Å². The van der Waals surface area contributed by atoms with Crippen molar-refractivity contribution in [2.45, 2.75) is 12.0 Å². The molecule has 2 heterocycles. The van der Waals surface area contributed by atoms with Crippen LogP contribution in [0.15, 0.2) is 18.3 Å². The Balaban J connectivity index is 2.55. The Morgan fingerprint density at radius 1 is 1.71 bits per heavy atom. The fourth-order valence-corrected chi connectivity index (χ4v) is 1.51. The Kier molecular flexibility index (Phi) is 1.89. The van der Waals surface area contributed by atoms with Crippen molar-refractivity contribution in [3.8, 4) is 5.88 Å². The van der Waals surface area contributed by atoms with E-state index in [9.17, 15) is 4.79 Å². The van der Waals surface area contributed by atoms with Gasteiger partial charge in [0.2, 0.25) is 5.88 Å². The summed E-state index contributed by atoms with van der Waals surface area (Å²) in [5, 5.41) is 9.04. The molecule has 0 aliphatic carbocycles.